The topological polar surface area (TPSA) is 47.8 Å². The molecule has 0 saturated carbocycles. The number of hydrogen-bond donors (Lipinski definition) is 0. The molecule has 0 N–H and O–H groups in total. The van der Waals surface area contributed by atoms with Crippen LogP contribution in [0, 0.1) is 0 Å². The van der Waals surface area contributed by atoms with Gasteiger partial charge in [0.25, 0.3) is 5.56 Å². The fraction of sp³-hybridized carbons (Fsp3) is 0.235. The van der Waals surface area contributed by atoms with Crippen LogP contribution < -0.4 is 5.56 Å². The molecule has 1 aliphatic carbocycles. The lowest BCUT2D eigenvalue weighted by Crippen LogP contribution is -2.21. The van der Waals surface area contributed by atoms with Gasteiger partial charge in [-0.1, -0.05) is 0 Å². The standard InChI is InChI=1S/C17H13N3OS3/c21-17-14-12-2-1-3-13(12)24-16(14)18-9-20(17)6-11-8-23-15(19-11)10-4-5-22-7-10/h4-5,7-9H,1-3,6H2. The fourth-order valence-electron chi connectivity index (χ4n) is 3.21. The van der Waals surface area contributed by atoms with E-state index in [2.05, 4.69) is 26.8 Å². The minimum absolute atomic E-state index is 0.0736. The van der Waals surface area contributed by atoms with Crippen molar-refractivity contribution in [3.05, 3.63) is 55.0 Å². The maximum atomic E-state index is 12.9. The number of aryl methyl sites for hydroxylation is 2. The van der Waals surface area contributed by atoms with Gasteiger partial charge in [0, 0.05) is 21.2 Å². The zero-order chi connectivity index (χ0) is 16.1. The molecule has 4 aromatic heterocycles. The largest absolute Gasteiger partial charge is 0.293 e. The lowest BCUT2D eigenvalue weighted by molar-refractivity contribution is 0.734. The summed E-state index contributed by atoms with van der Waals surface area (Å²) in [5.74, 6) is 0. The third-order valence-corrected chi connectivity index (χ3v) is 7.17. The van der Waals surface area contributed by atoms with Gasteiger partial charge in [-0.25, -0.2) is 9.97 Å². The lowest BCUT2D eigenvalue weighted by Gasteiger charge is -2.03. The summed E-state index contributed by atoms with van der Waals surface area (Å²) < 4.78 is 1.69. The van der Waals surface area contributed by atoms with E-state index in [0.717, 1.165) is 45.7 Å². The second-order valence-electron chi connectivity index (χ2n) is 5.87. The van der Waals surface area contributed by atoms with Gasteiger partial charge >= 0.3 is 0 Å². The van der Waals surface area contributed by atoms with Crippen LogP contribution in [0.1, 0.15) is 22.6 Å². The number of hydrogen-bond acceptors (Lipinski definition) is 6. The molecule has 0 radical (unpaired) electrons. The van der Waals surface area contributed by atoms with Crippen LogP contribution in [0.5, 0.6) is 0 Å². The van der Waals surface area contributed by atoms with Gasteiger partial charge in [-0.15, -0.1) is 22.7 Å². The van der Waals surface area contributed by atoms with Gasteiger partial charge in [0.05, 0.1) is 24.0 Å². The molecule has 120 valence electrons. The highest BCUT2D eigenvalue weighted by Crippen LogP contribution is 2.34. The van der Waals surface area contributed by atoms with Crippen molar-refractivity contribution in [1.29, 1.82) is 0 Å². The molecule has 0 bridgehead atoms. The van der Waals surface area contributed by atoms with Crippen molar-refractivity contribution in [1.82, 2.24) is 14.5 Å². The first kappa shape index (κ1) is 14.5. The Morgan fingerprint density at radius 1 is 1.25 bits per heavy atom. The molecule has 7 heteroatoms. The summed E-state index contributed by atoms with van der Waals surface area (Å²) in [6.45, 7) is 0.479. The monoisotopic (exact) mass is 371 g/mol. The predicted molar refractivity (Wildman–Crippen MR) is 100 cm³/mol. The van der Waals surface area contributed by atoms with Crippen molar-refractivity contribution >= 4 is 44.2 Å². The Bertz CT molecular complexity index is 1090. The smallest absolute Gasteiger partial charge is 0.262 e. The summed E-state index contributed by atoms with van der Waals surface area (Å²) in [7, 11) is 0. The number of nitrogens with zero attached hydrogens (tertiary/aromatic N) is 3. The van der Waals surface area contributed by atoms with Crippen LogP contribution in [-0.4, -0.2) is 14.5 Å². The van der Waals surface area contributed by atoms with Gasteiger partial charge in [-0.05, 0) is 36.3 Å². The van der Waals surface area contributed by atoms with Crippen molar-refractivity contribution in [3.63, 3.8) is 0 Å². The number of thiazole rings is 1. The van der Waals surface area contributed by atoms with E-state index in [-0.39, 0.29) is 5.56 Å². The van der Waals surface area contributed by atoms with Crippen LogP contribution in [0.15, 0.2) is 33.3 Å². The molecule has 0 fully saturated rings. The Morgan fingerprint density at radius 3 is 3.08 bits per heavy atom. The number of rotatable bonds is 3. The summed E-state index contributed by atoms with van der Waals surface area (Å²) in [6.07, 6.45) is 4.92. The predicted octanol–water partition coefficient (Wildman–Crippen LogP) is 4.18. The SMILES string of the molecule is O=c1c2c3c(sc2ncn1Cc1csc(-c2ccsc2)n1)CCC3. The van der Waals surface area contributed by atoms with Gasteiger partial charge in [0.1, 0.15) is 9.84 Å². The van der Waals surface area contributed by atoms with E-state index in [1.165, 1.54) is 10.4 Å². The molecule has 1 aliphatic rings. The zero-order valence-corrected chi connectivity index (χ0v) is 15.1. The third-order valence-electron chi connectivity index (χ3n) is 4.34. The molecule has 5 rings (SSSR count). The highest BCUT2D eigenvalue weighted by atomic mass is 32.1. The molecule has 0 unspecified atom stereocenters. The first-order chi connectivity index (χ1) is 11.8. The van der Waals surface area contributed by atoms with Crippen molar-refractivity contribution in [2.45, 2.75) is 25.8 Å². The molecule has 4 aromatic rings. The Kier molecular flexibility index (Phi) is 3.39. The molecule has 0 spiro atoms. The molecule has 0 atom stereocenters. The maximum absolute atomic E-state index is 12.9. The second kappa shape index (κ2) is 5.61. The summed E-state index contributed by atoms with van der Waals surface area (Å²) >= 11 is 4.97. The van der Waals surface area contributed by atoms with Gasteiger partial charge < -0.3 is 0 Å². The molecule has 4 heterocycles. The van der Waals surface area contributed by atoms with Crippen LogP contribution in [0.4, 0.5) is 0 Å². The van der Waals surface area contributed by atoms with Crippen LogP contribution in [0.25, 0.3) is 20.8 Å². The van der Waals surface area contributed by atoms with E-state index in [4.69, 9.17) is 0 Å². The fourth-order valence-corrected chi connectivity index (χ4v) is 5.95. The van der Waals surface area contributed by atoms with Crippen LogP contribution >= 0.6 is 34.0 Å². The average Bonchev–Trinajstić information content (AvgIpc) is 3.33. The van der Waals surface area contributed by atoms with E-state index in [1.54, 1.807) is 44.9 Å². The molecular weight excluding hydrogens is 358 g/mol. The van der Waals surface area contributed by atoms with Crippen molar-refractivity contribution < 1.29 is 0 Å². The van der Waals surface area contributed by atoms with Crippen molar-refractivity contribution in [2.24, 2.45) is 0 Å². The molecular formula is C17H13N3OS3. The number of thiophene rings is 2. The molecule has 0 amide bonds. The highest BCUT2D eigenvalue weighted by Gasteiger charge is 2.21. The highest BCUT2D eigenvalue weighted by molar-refractivity contribution is 7.18. The van der Waals surface area contributed by atoms with Gasteiger partial charge in [-0.2, -0.15) is 11.3 Å². The first-order valence-corrected chi connectivity index (χ1v) is 10.4. The summed E-state index contributed by atoms with van der Waals surface area (Å²) in [6, 6.07) is 2.07. The summed E-state index contributed by atoms with van der Waals surface area (Å²) in [5, 5.41) is 8.02. The lowest BCUT2D eigenvalue weighted by atomic mass is 10.2. The minimum atomic E-state index is 0.0736. The molecule has 0 aromatic carbocycles. The minimum Gasteiger partial charge on any atom is -0.293 e. The Morgan fingerprint density at radius 2 is 2.21 bits per heavy atom. The summed E-state index contributed by atoms with van der Waals surface area (Å²) in [4.78, 5) is 24.3. The second-order valence-corrected chi connectivity index (χ2v) is 8.59. The van der Waals surface area contributed by atoms with E-state index in [9.17, 15) is 4.79 Å². The Balaban J connectivity index is 1.53. The Labute approximate surface area is 150 Å². The van der Waals surface area contributed by atoms with E-state index < -0.39 is 0 Å². The summed E-state index contributed by atoms with van der Waals surface area (Å²) in [5.41, 5.74) is 3.37. The van der Waals surface area contributed by atoms with E-state index in [0.29, 0.717) is 6.54 Å². The van der Waals surface area contributed by atoms with E-state index >= 15 is 0 Å². The third kappa shape index (κ3) is 2.27. The van der Waals surface area contributed by atoms with Crippen LogP contribution in [0.3, 0.4) is 0 Å². The van der Waals surface area contributed by atoms with Crippen molar-refractivity contribution in [2.75, 3.05) is 0 Å². The van der Waals surface area contributed by atoms with Gasteiger partial charge in [-0.3, -0.25) is 9.36 Å². The maximum Gasteiger partial charge on any atom is 0.262 e. The molecule has 24 heavy (non-hydrogen) atoms. The molecule has 4 nitrogen and oxygen atoms in total. The normalized spacial score (nSPS) is 13.7. The molecule has 0 saturated heterocycles. The van der Waals surface area contributed by atoms with Crippen LogP contribution in [-0.2, 0) is 19.4 Å². The van der Waals surface area contributed by atoms with E-state index in [1.807, 2.05) is 5.38 Å². The quantitative estimate of drug-likeness (QED) is 0.543. The molecule has 0 aliphatic heterocycles. The first-order valence-electron chi connectivity index (χ1n) is 7.76. The van der Waals surface area contributed by atoms with Gasteiger partial charge in [0.15, 0.2) is 0 Å². The number of aromatic nitrogens is 3. The zero-order valence-electron chi connectivity index (χ0n) is 12.7. The Hall–Kier alpha value is -1.83. The average molecular weight is 372 g/mol. The van der Waals surface area contributed by atoms with Crippen molar-refractivity contribution in [3.8, 4) is 10.6 Å². The number of fused-ring (bicyclic) bond motifs is 3. The van der Waals surface area contributed by atoms with Gasteiger partial charge in [0.2, 0.25) is 0 Å². The van der Waals surface area contributed by atoms with Crippen LogP contribution in [0.2, 0.25) is 0 Å².